The summed E-state index contributed by atoms with van der Waals surface area (Å²) in [7, 11) is 1.60. The van der Waals surface area contributed by atoms with Gasteiger partial charge in [-0.3, -0.25) is 9.36 Å². The van der Waals surface area contributed by atoms with Crippen molar-refractivity contribution in [1.29, 1.82) is 0 Å². The van der Waals surface area contributed by atoms with Crippen molar-refractivity contribution in [1.82, 2.24) is 9.47 Å². The minimum absolute atomic E-state index is 0.0968. The zero-order valence-electron chi connectivity index (χ0n) is 11.6. The summed E-state index contributed by atoms with van der Waals surface area (Å²) in [4.78, 5) is 25.6. The molecule has 0 unspecified atom stereocenters. The first kappa shape index (κ1) is 14.3. The van der Waals surface area contributed by atoms with Gasteiger partial charge in [-0.15, -0.1) is 0 Å². The van der Waals surface area contributed by atoms with E-state index in [4.69, 9.17) is 9.52 Å². The molecule has 0 atom stereocenters. The molecule has 0 spiro atoms. The third kappa shape index (κ3) is 2.46. The highest BCUT2D eigenvalue weighted by Crippen LogP contribution is 2.19. The monoisotopic (exact) mass is 278 g/mol. The van der Waals surface area contributed by atoms with Gasteiger partial charge in [-0.25, -0.2) is 4.79 Å². The molecule has 2 rings (SSSR count). The fourth-order valence-electron chi connectivity index (χ4n) is 2.19. The summed E-state index contributed by atoms with van der Waals surface area (Å²) >= 11 is 0. The molecule has 1 N–H and O–H groups in total. The molecule has 0 fully saturated rings. The van der Waals surface area contributed by atoms with Crippen LogP contribution in [0.25, 0.3) is 11.1 Å². The van der Waals surface area contributed by atoms with Crippen LogP contribution in [0.3, 0.4) is 0 Å². The van der Waals surface area contributed by atoms with Gasteiger partial charge in [0.05, 0.1) is 17.7 Å². The number of para-hydroxylation sites is 1. The van der Waals surface area contributed by atoms with Gasteiger partial charge in [-0.1, -0.05) is 13.0 Å². The molecule has 108 valence electrons. The van der Waals surface area contributed by atoms with Gasteiger partial charge in [0.1, 0.15) is 0 Å². The number of aliphatic hydroxyl groups excluding tert-OH is 1. The zero-order chi connectivity index (χ0) is 14.7. The third-order valence-corrected chi connectivity index (χ3v) is 3.20. The smallest absolute Gasteiger partial charge is 0.407 e. The van der Waals surface area contributed by atoms with Crippen LogP contribution in [0, 0.1) is 0 Å². The maximum Gasteiger partial charge on any atom is 0.419 e. The maximum atomic E-state index is 12.5. The number of nitrogens with zero attached hydrogens (tertiary/aromatic N) is 2. The molecule has 0 aliphatic heterocycles. The van der Waals surface area contributed by atoms with E-state index in [-0.39, 0.29) is 19.1 Å². The molecule has 6 heteroatoms. The van der Waals surface area contributed by atoms with Gasteiger partial charge in [0.15, 0.2) is 5.58 Å². The summed E-state index contributed by atoms with van der Waals surface area (Å²) in [5.74, 6) is -0.731. The van der Waals surface area contributed by atoms with Crippen LogP contribution in [0.4, 0.5) is 0 Å². The first-order chi connectivity index (χ1) is 9.60. The highest BCUT2D eigenvalue weighted by atomic mass is 16.4. The number of hydrogen-bond acceptors (Lipinski definition) is 4. The molecule has 0 saturated heterocycles. The Kier molecular flexibility index (Phi) is 4.24. The fraction of sp³-hybridized carbons (Fsp3) is 0.429. The van der Waals surface area contributed by atoms with E-state index in [1.807, 2.05) is 6.92 Å². The highest BCUT2D eigenvalue weighted by Gasteiger charge is 2.20. The molecule has 0 saturated carbocycles. The van der Waals surface area contributed by atoms with Crippen LogP contribution in [-0.4, -0.2) is 40.2 Å². The third-order valence-electron chi connectivity index (χ3n) is 3.20. The van der Waals surface area contributed by atoms with E-state index in [1.54, 1.807) is 30.1 Å². The molecule has 6 nitrogen and oxygen atoms in total. The number of benzene rings is 1. The van der Waals surface area contributed by atoms with E-state index in [9.17, 15) is 9.59 Å². The Morgan fingerprint density at radius 1 is 1.40 bits per heavy atom. The lowest BCUT2D eigenvalue weighted by atomic mass is 10.1. The van der Waals surface area contributed by atoms with Gasteiger partial charge in [-0.2, -0.15) is 0 Å². The standard InChI is InChI=1S/C14H18N2O4/c1-3-7-16(8-9-17)13(18)10-5-4-6-11-12(10)20-14(19)15(11)2/h4-6,17H,3,7-9H2,1-2H3. The van der Waals surface area contributed by atoms with Crippen molar-refractivity contribution in [2.75, 3.05) is 19.7 Å². The lowest BCUT2D eigenvalue weighted by Gasteiger charge is -2.20. The number of carbonyl (C=O) groups excluding carboxylic acids is 1. The summed E-state index contributed by atoms with van der Waals surface area (Å²) in [6.45, 7) is 2.67. The van der Waals surface area contributed by atoms with Crippen LogP contribution in [0.15, 0.2) is 27.4 Å². The second-order valence-corrected chi connectivity index (χ2v) is 4.60. The number of amides is 1. The highest BCUT2D eigenvalue weighted by molar-refractivity contribution is 6.04. The molecular weight excluding hydrogens is 260 g/mol. The topological polar surface area (TPSA) is 75.7 Å². The van der Waals surface area contributed by atoms with Crippen molar-refractivity contribution < 1.29 is 14.3 Å². The maximum absolute atomic E-state index is 12.5. The minimum Gasteiger partial charge on any atom is -0.407 e. The van der Waals surface area contributed by atoms with E-state index < -0.39 is 5.76 Å². The Morgan fingerprint density at radius 3 is 2.80 bits per heavy atom. The van der Waals surface area contributed by atoms with Crippen molar-refractivity contribution in [2.45, 2.75) is 13.3 Å². The van der Waals surface area contributed by atoms with Gasteiger partial charge in [0.2, 0.25) is 0 Å². The molecule has 0 radical (unpaired) electrons. The SMILES string of the molecule is CCCN(CCO)C(=O)c1cccc2c1oc(=O)n2C. The normalized spacial score (nSPS) is 10.9. The average Bonchev–Trinajstić information content (AvgIpc) is 2.73. The van der Waals surface area contributed by atoms with E-state index >= 15 is 0 Å². The van der Waals surface area contributed by atoms with Crippen LogP contribution in [0.1, 0.15) is 23.7 Å². The lowest BCUT2D eigenvalue weighted by molar-refractivity contribution is 0.0722. The quantitative estimate of drug-likeness (QED) is 0.884. The fourth-order valence-corrected chi connectivity index (χ4v) is 2.19. The number of aromatic nitrogens is 1. The number of hydrogen-bond donors (Lipinski definition) is 1. The van der Waals surface area contributed by atoms with Gasteiger partial charge >= 0.3 is 5.76 Å². The molecular formula is C14H18N2O4. The van der Waals surface area contributed by atoms with E-state index in [2.05, 4.69) is 0 Å². The number of fused-ring (bicyclic) bond motifs is 1. The summed E-state index contributed by atoms with van der Waals surface area (Å²) < 4.78 is 6.52. The van der Waals surface area contributed by atoms with Gasteiger partial charge in [0.25, 0.3) is 5.91 Å². The number of carbonyl (C=O) groups is 1. The number of oxazole rings is 1. The van der Waals surface area contributed by atoms with Crippen LogP contribution in [0.2, 0.25) is 0 Å². The number of rotatable bonds is 5. The summed E-state index contributed by atoms with van der Waals surface area (Å²) in [5, 5.41) is 9.05. The molecule has 0 aliphatic rings. The molecule has 20 heavy (non-hydrogen) atoms. The summed E-state index contributed by atoms with van der Waals surface area (Å²) in [6.07, 6.45) is 0.792. The summed E-state index contributed by atoms with van der Waals surface area (Å²) in [6, 6.07) is 5.08. The first-order valence-electron chi connectivity index (χ1n) is 6.58. The Morgan fingerprint density at radius 2 is 2.15 bits per heavy atom. The molecule has 0 aliphatic carbocycles. The van der Waals surface area contributed by atoms with Gasteiger partial charge < -0.3 is 14.4 Å². The van der Waals surface area contributed by atoms with E-state index in [0.717, 1.165) is 6.42 Å². The summed E-state index contributed by atoms with van der Waals surface area (Å²) in [5.41, 5.74) is 1.23. The predicted molar refractivity (Wildman–Crippen MR) is 74.7 cm³/mol. The first-order valence-corrected chi connectivity index (χ1v) is 6.58. The minimum atomic E-state index is -0.496. The van der Waals surface area contributed by atoms with Crippen molar-refractivity contribution in [2.24, 2.45) is 7.05 Å². The Balaban J connectivity index is 2.48. The number of aliphatic hydroxyl groups is 1. The number of aryl methyl sites for hydroxylation is 1. The Labute approximate surface area is 116 Å². The second kappa shape index (κ2) is 5.92. The molecule has 0 bridgehead atoms. The second-order valence-electron chi connectivity index (χ2n) is 4.60. The van der Waals surface area contributed by atoms with Gasteiger partial charge in [-0.05, 0) is 18.6 Å². The zero-order valence-corrected chi connectivity index (χ0v) is 11.6. The van der Waals surface area contributed by atoms with Crippen LogP contribution in [-0.2, 0) is 7.05 Å². The van der Waals surface area contributed by atoms with Crippen molar-refractivity contribution in [3.8, 4) is 0 Å². The largest absolute Gasteiger partial charge is 0.419 e. The van der Waals surface area contributed by atoms with Gasteiger partial charge in [0, 0.05) is 20.1 Å². The average molecular weight is 278 g/mol. The van der Waals surface area contributed by atoms with Crippen molar-refractivity contribution >= 4 is 17.0 Å². The van der Waals surface area contributed by atoms with Crippen LogP contribution >= 0.6 is 0 Å². The van der Waals surface area contributed by atoms with E-state index in [0.29, 0.717) is 23.2 Å². The van der Waals surface area contributed by atoms with Crippen LogP contribution in [0.5, 0.6) is 0 Å². The lowest BCUT2D eigenvalue weighted by Crippen LogP contribution is -2.34. The predicted octanol–water partition coefficient (Wildman–Crippen LogP) is 0.976. The molecule has 1 aromatic heterocycles. The molecule has 1 aromatic carbocycles. The van der Waals surface area contributed by atoms with E-state index in [1.165, 1.54) is 4.57 Å². The molecule has 1 amide bonds. The molecule has 1 heterocycles. The van der Waals surface area contributed by atoms with Crippen LogP contribution < -0.4 is 5.76 Å². The Bertz CT molecular complexity index is 665. The Hall–Kier alpha value is -2.08. The van der Waals surface area contributed by atoms with Crippen molar-refractivity contribution in [3.63, 3.8) is 0 Å². The molecule has 2 aromatic rings. The van der Waals surface area contributed by atoms with Crippen molar-refractivity contribution in [3.05, 3.63) is 34.3 Å².